The van der Waals surface area contributed by atoms with Crippen molar-refractivity contribution < 1.29 is 90.5 Å². The Labute approximate surface area is 306 Å². The van der Waals surface area contributed by atoms with Crippen molar-refractivity contribution in [1.29, 1.82) is 0 Å². The highest BCUT2D eigenvalue weighted by atomic mass is 35.5. The third-order valence-electron chi connectivity index (χ3n) is 8.88. The molecule has 1 amide bonds. The summed E-state index contributed by atoms with van der Waals surface area (Å²) in [7, 11) is -3.86. The second-order valence-electron chi connectivity index (χ2n) is 12.8. The molecule has 0 aromatic carbocycles. The Balaban J connectivity index is 1.86. The van der Waals surface area contributed by atoms with E-state index in [4.69, 9.17) is 40.0 Å². The van der Waals surface area contributed by atoms with E-state index in [-0.39, 0.29) is 12.6 Å². The Bertz CT molecular complexity index is 1220. The van der Waals surface area contributed by atoms with E-state index >= 15 is 0 Å². The van der Waals surface area contributed by atoms with Gasteiger partial charge in [-0.3, -0.25) is 14.1 Å². The molecule has 0 aromatic rings. The summed E-state index contributed by atoms with van der Waals surface area (Å²) >= 11 is 6.19. The topological polar surface area (TPSA) is 296 Å². The largest absolute Gasteiger partial charge is 0.469 e. The molecule has 3 aliphatic heterocycles. The molecule has 15 atom stereocenters. The van der Waals surface area contributed by atoms with Crippen LogP contribution in [-0.4, -0.2) is 174 Å². The predicted molar refractivity (Wildman–Crippen MR) is 174 cm³/mol. The van der Waals surface area contributed by atoms with Crippen LogP contribution in [0.15, 0.2) is 0 Å². The molecule has 3 aliphatic rings. The minimum absolute atomic E-state index is 0.109. The number of hydrogen-bond acceptors (Lipinski definition) is 18. The fraction of sp³-hybridized carbons (Fsp3) is 0.933. The second kappa shape index (κ2) is 21.1. The summed E-state index contributed by atoms with van der Waals surface area (Å²) < 4.78 is 77.0. The van der Waals surface area contributed by atoms with Gasteiger partial charge in [-0.25, -0.2) is 4.18 Å². The molecule has 22 heteroatoms. The highest BCUT2D eigenvalue weighted by Crippen LogP contribution is 2.35. The smallest absolute Gasteiger partial charge is 0.397 e. The van der Waals surface area contributed by atoms with Gasteiger partial charge in [0.1, 0.15) is 61.0 Å². The Kier molecular flexibility index (Phi) is 18.2. The molecule has 52 heavy (non-hydrogen) atoms. The van der Waals surface area contributed by atoms with E-state index in [1.807, 2.05) is 0 Å². The lowest BCUT2D eigenvalue weighted by Gasteiger charge is -2.50. The quantitative estimate of drug-likeness (QED) is 0.0292. The maximum atomic E-state index is 12.5. The lowest BCUT2D eigenvalue weighted by molar-refractivity contribution is -0.367. The summed E-state index contributed by atoms with van der Waals surface area (Å²) in [6.45, 7) is 1.06. The van der Waals surface area contributed by atoms with Crippen molar-refractivity contribution in [2.24, 2.45) is 0 Å². The molecule has 8 N–H and O–H groups in total. The van der Waals surface area contributed by atoms with Crippen LogP contribution in [0.1, 0.15) is 58.8 Å². The first-order valence-corrected chi connectivity index (χ1v) is 18.8. The molecule has 0 bridgehead atoms. The molecule has 0 unspecified atom stereocenters. The number of unbranched alkanes of at least 4 members (excludes halogenated alkanes) is 5. The highest BCUT2D eigenvalue weighted by molar-refractivity contribution is 7.80. The number of ether oxygens (including phenoxy) is 7. The third-order valence-corrected chi connectivity index (χ3v) is 9.87. The average Bonchev–Trinajstić information content (AvgIpc) is 3.09. The van der Waals surface area contributed by atoms with E-state index in [0.717, 1.165) is 25.7 Å². The van der Waals surface area contributed by atoms with Crippen LogP contribution in [0.2, 0.25) is 0 Å². The first kappa shape index (κ1) is 45.0. The van der Waals surface area contributed by atoms with Gasteiger partial charge in [0.2, 0.25) is 5.91 Å². The van der Waals surface area contributed by atoms with Crippen molar-refractivity contribution in [1.82, 2.24) is 5.32 Å². The minimum Gasteiger partial charge on any atom is -0.469 e. The van der Waals surface area contributed by atoms with Crippen molar-refractivity contribution >= 4 is 33.9 Å². The van der Waals surface area contributed by atoms with E-state index in [1.54, 1.807) is 0 Å². The molecule has 20 nitrogen and oxygen atoms in total. The Morgan fingerprint density at radius 2 is 1.35 bits per heavy atom. The fourth-order valence-corrected chi connectivity index (χ4v) is 7.03. The van der Waals surface area contributed by atoms with E-state index < -0.39 is 121 Å². The van der Waals surface area contributed by atoms with Crippen molar-refractivity contribution in [3.63, 3.8) is 0 Å². The monoisotopic (exact) mass is 797 g/mol. The van der Waals surface area contributed by atoms with Crippen molar-refractivity contribution in [3.8, 4) is 0 Å². The molecule has 3 saturated heterocycles. The van der Waals surface area contributed by atoms with Crippen LogP contribution >= 0.6 is 11.6 Å². The lowest BCUT2D eigenvalue weighted by Crippen LogP contribution is -2.69. The molecule has 0 radical (unpaired) electrons. The van der Waals surface area contributed by atoms with E-state index in [0.29, 0.717) is 19.3 Å². The van der Waals surface area contributed by atoms with Gasteiger partial charge in [0.15, 0.2) is 18.9 Å². The van der Waals surface area contributed by atoms with Crippen LogP contribution < -0.4 is 5.32 Å². The number of methoxy groups -OCH3 is 1. The van der Waals surface area contributed by atoms with Gasteiger partial charge >= 0.3 is 16.4 Å². The zero-order valence-corrected chi connectivity index (χ0v) is 30.6. The number of carbonyl (C=O) groups excluding carboxylic acids is 2. The first-order chi connectivity index (χ1) is 24.5. The van der Waals surface area contributed by atoms with Crippen LogP contribution in [0.5, 0.6) is 0 Å². The SMILES string of the molecule is COC(=O)CCCCCCCCO[C@@H]1O[C@H](CO)[C@@H](O[C@@H]2O[C@H](CO)[C@H](Cl)[C@H](OS(=O)(=O)O)[C@H]2O)[C@H](O[C@@H]2O[C@@H](C)[C@@H](O)[C@@H](O)[C@@H]2O)[C@H]1NC(C)=O. The number of carbonyl (C=O) groups is 2. The number of aliphatic hydroxyl groups excluding tert-OH is 6. The molecule has 3 rings (SSSR count). The van der Waals surface area contributed by atoms with Gasteiger partial charge < -0.3 is 69.1 Å². The van der Waals surface area contributed by atoms with Crippen molar-refractivity contribution in [2.45, 2.75) is 150 Å². The van der Waals surface area contributed by atoms with Gasteiger partial charge in [-0.05, 0) is 19.8 Å². The Hall–Kier alpha value is -1.38. The first-order valence-electron chi connectivity index (χ1n) is 17.0. The molecular weight excluding hydrogens is 746 g/mol. The second-order valence-corrected chi connectivity index (χ2v) is 14.4. The summed E-state index contributed by atoms with van der Waals surface area (Å²) in [6, 6.07) is -1.31. The highest BCUT2D eigenvalue weighted by Gasteiger charge is 2.55. The number of rotatable bonds is 19. The van der Waals surface area contributed by atoms with Gasteiger partial charge in [-0.1, -0.05) is 25.7 Å². The average molecular weight is 798 g/mol. The predicted octanol–water partition coefficient (Wildman–Crippen LogP) is -2.40. The molecule has 0 spiro atoms. The van der Waals surface area contributed by atoms with Gasteiger partial charge in [0.25, 0.3) is 0 Å². The molecule has 3 heterocycles. The van der Waals surface area contributed by atoms with Crippen LogP contribution in [-0.2, 0) is 57.3 Å². The Morgan fingerprint density at radius 3 is 1.94 bits per heavy atom. The maximum absolute atomic E-state index is 12.5. The molecule has 3 fully saturated rings. The number of esters is 1. The standard InChI is InChI=1S/C30H52ClNO19S/c1-14-21(37)22(38)23(39)29(46-14)50-27-20(32-15(2)35)28(45-11-9-7-5-4-6-8-10-18(36)44-3)48-17(13-34)25(27)49-30-24(40)26(51-52(41,42)43)19(31)16(12-33)47-30/h14,16-17,19-30,33-34,37-40H,4-13H2,1-3H3,(H,32,35)(H,41,42,43)/t14-,16+,17+,19-,20+,21+,22+,23-,24+,25+,26-,27+,28+,29-,30-/m0/s1. The molecular formula is C30H52ClNO19S. The molecule has 0 aromatic heterocycles. The van der Waals surface area contributed by atoms with Crippen molar-refractivity contribution in [3.05, 3.63) is 0 Å². The van der Waals surface area contributed by atoms with E-state index in [1.165, 1.54) is 21.0 Å². The summed E-state index contributed by atoms with van der Waals surface area (Å²) in [5, 5.41) is 64.0. The number of alkyl halides is 1. The minimum atomic E-state index is -5.19. The summed E-state index contributed by atoms with van der Waals surface area (Å²) in [5.41, 5.74) is 0. The molecule has 0 saturated carbocycles. The van der Waals surface area contributed by atoms with E-state index in [9.17, 15) is 53.2 Å². The Morgan fingerprint density at radius 1 is 0.769 bits per heavy atom. The number of nitrogens with one attached hydrogen (secondary N) is 1. The van der Waals surface area contributed by atoms with Gasteiger partial charge in [-0.2, -0.15) is 8.42 Å². The number of halogens is 1. The molecule has 0 aliphatic carbocycles. The van der Waals surface area contributed by atoms with Crippen LogP contribution in [0, 0.1) is 0 Å². The zero-order chi connectivity index (χ0) is 38.7. The number of amides is 1. The van der Waals surface area contributed by atoms with Crippen molar-refractivity contribution in [2.75, 3.05) is 26.9 Å². The normalized spacial score (nSPS) is 38.5. The van der Waals surface area contributed by atoms with Gasteiger partial charge in [-0.15, -0.1) is 11.6 Å². The van der Waals surface area contributed by atoms with Crippen LogP contribution in [0.4, 0.5) is 0 Å². The van der Waals surface area contributed by atoms with E-state index in [2.05, 4.69) is 14.2 Å². The van der Waals surface area contributed by atoms with Crippen LogP contribution in [0.3, 0.4) is 0 Å². The van der Waals surface area contributed by atoms with Crippen LogP contribution in [0.25, 0.3) is 0 Å². The number of hydrogen-bond donors (Lipinski definition) is 8. The fourth-order valence-electron chi connectivity index (χ4n) is 6.11. The number of aliphatic hydroxyl groups is 6. The summed E-state index contributed by atoms with van der Waals surface area (Å²) in [6.07, 6.45) is -16.1. The van der Waals surface area contributed by atoms with Gasteiger partial charge in [0.05, 0.1) is 31.8 Å². The summed E-state index contributed by atoms with van der Waals surface area (Å²) in [4.78, 5) is 23.8. The third kappa shape index (κ3) is 12.6. The maximum Gasteiger partial charge on any atom is 0.397 e. The zero-order valence-electron chi connectivity index (χ0n) is 29.0. The lowest BCUT2D eigenvalue weighted by atomic mass is 9.94. The molecule has 304 valence electrons. The van der Waals surface area contributed by atoms with Gasteiger partial charge in [0, 0.05) is 20.0 Å². The summed E-state index contributed by atoms with van der Waals surface area (Å²) in [5.74, 6) is -0.881.